The maximum Gasteiger partial charge on any atom is 0.265 e. The molecule has 2 aromatic rings. The predicted molar refractivity (Wildman–Crippen MR) is 75.4 cm³/mol. The maximum atomic E-state index is 12.3. The number of pyridine rings is 1. The van der Waals surface area contributed by atoms with Crippen LogP contribution >= 0.6 is 0 Å². The summed E-state index contributed by atoms with van der Waals surface area (Å²) in [6.07, 6.45) is 2.69. The Morgan fingerprint density at radius 1 is 1.21 bits per heavy atom. The molecule has 0 unspecified atom stereocenters. The van der Waals surface area contributed by atoms with Crippen LogP contribution in [-0.4, -0.2) is 13.4 Å². The zero-order valence-electron chi connectivity index (χ0n) is 10.7. The smallest absolute Gasteiger partial charge is 0.265 e. The number of hydrogen-bond acceptors (Lipinski definition) is 4. The van der Waals surface area contributed by atoms with Crippen molar-refractivity contribution in [1.82, 2.24) is 4.98 Å². The van der Waals surface area contributed by atoms with Gasteiger partial charge in [-0.2, -0.15) is 0 Å². The summed E-state index contributed by atoms with van der Waals surface area (Å²) in [5, 5.41) is 0. The Labute approximate surface area is 112 Å². The van der Waals surface area contributed by atoms with Gasteiger partial charge in [0.1, 0.15) is 4.90 Å². The van der Waals surface area contributed by atoms with Gasteiger partial charge in [0, 0.05) is 12.4 Å². The highest BCUT2D eigenvalue weighted by atomic mass is 32.2. The second-order valence-electron chi connectivity index (χ2n) is 4.34. The van der Waals surface area contributed by atoms with Crippen LogP contribution in [0.4, 0.5) is 11.4 Å². The van der Waals surface area contributed by atoms with Crippen molar-refractivity contribution in [2.45, 2.75) is 18.7 Å². The number of sulfonamides is 1. The summed E-state index contributed by atoms with van der Waals surface area (Å²) in [5.41, 5.74) is 8.21. The lowest BCUT2D eigenvalue weighted by molar-refractivity contribution is 0.601. The third kappa shape index (κ3) is 2.85. The summed E-state index contributed by atoms with van der Waals surface area (Å²) in [7, 11) is -3.72. The summed E-state index contributed by atoms with van der Waals surface area (Å²) in [4.78, 5) is 3.78. The summed E-state index contributed by atoms with van der Waals surface area (Å²) < 4.78 is 27.0. The predicted octanol–water partition coefficient (Wildman–Crippen LogP) is 2.08. The molecule has 19 heavy (non-hydrogen) atoms. The molecule has 0 radical (unpaired) electrons. The van der Waals surface area contributed by atoms with E-state index in [4.69, 9.17) is 5.73 Å². The Bertz CT molecular complexity index is 712. The summed E-state index contributed by atoms with van der Waals surface area (Å²) >= 11 is 0. The number of nitrogens with zero attached hydrogens (tertiary/aromatic N) is 1. The molecule has 0 spiro atoms. The Morgan fingerprint density at radius 3 is 2.63 bits per heavy atom. The fourth-order valence-corrected chi connectivity index (χ4v) is 2.86. The number of nitrogens with two attached hydrogens (primary N) is 1. The molecule has 1 aromatic carbocycles. The minimum Gasteiger partial charge on any atom is -0.398 e. The van der Waals surface area contributed by atoms with Crippen molar-refractivity contribution >= 4 is 21.4 Å². The first kappa shape index (κ1) is 13.4. The second-order valence-corrected chi connectivity index (χ2v) is 5.99. The molecular formula is C13H15N3O2S. The molecule has 0 saturated heterocycles. The van der Waals surface area contributed by atoms with E-state index >= 15 is 0 Å². The van der Waals surface area contributed by atoms with E-state index in [1.165, 1.54) is 18.5 Å². The van der Waals surface area contributed by atoms with Crippen molar-refractivity contribution in [1.29, 1.82) is 0 Å². The number of rotatable bonds is 3. The van der Waals surface area contributed by atoms with E-state index in [0.717, 1.165) is 11.1 Å². The number of anilines is 2. The van der Waals surface area contributed by atoms with Crippen LogP contribution in [-0.2, 0) is 10.0 Å². The number of benzene rings is 1. The number of nitrogen functional groups attached to an aromatic ring is 1. The third-order valence-corrected chi connectivity index (χ3v) is 4.15. The van der Waals surface area contributed by atoms with E-state index in [1.807, 2.05) is 26.0 Å². The van der Waals surface area contributed by atoms with Gasteiger partial charge in [-0.05, 0) is 37.1 Å². The highest BCUT2D eigenvalue weighted by Crippen LogP contribution is 2.23. The molecule has 5 nitrogen and oxygen atoms in total. The average molecular weight is 277 g/mol. The van der Waals surface area contributed by atoms with E-state index in [-0.39, 0.29) is 10.6 Å². The van der Waals surface area contributed by atoms with Crippen molar-refractivity contribution < 1.29 is 8.42 Å². The van der Waals surface area contributed by atoms with E-state index in [9.17, 15) is 8.42 Å². The molecule has 0 aliphatic rings. The molecule has 0 atom stereocenters. The maximum absolute atomic E-state index is 12.3. The summed E-state index contributed by atoms with van der Waals surface area (Å²) in [6.45, 7) is 3.74. The Balaban J connectivity index is 2.43. The van der Waals surface area contributed by atoms with E-state index in [2.05, 4.69) is 9.71 Å². The third-order valence-electron chi connectivity index (χ3n) is 2.74. The molecule has 0 amide bonds. The van der Waals surface area contributed by atoms with Crippen molar-refractivity contribution in [3.63, 3.8) is 0 Å². The van der Waals surface area contributed by atoms with E-state index < -0.39 is 10.0 Å². The monoisotopic (exact) mass is 277 g/mol. The van der Waals surface area contributed by atoms with Crippen molar-refractivity contribution in [3.05, 3.63) is 47.8 Å². The number of aryl methyl sites for hydroxylation is 2. The molecule has 0 aliphatic heterocycles. The Hall–Kier alpha value is -2.08. The number of aromatic nitrogens is 1. The lowest BCUT2D eigenvalue weighted by Crippen LogP contribution is -2.15. The lowest BCUT2D eigenvalue weighted by Gasteiger charge is -2.12. The average Bonchev–Trinajstić information content (AvgIpc) is 2.34. The van der Waals surface area contributed by atoms with Crippen LogP contribution in [0.3, 0.4) is 0 Å². The molecule has 0 bridgehead atoms. The van der Waals surface area contributed by atoms with Crippen LogP contribution in [0, 0.1) is 13.8 Å². The quantitative estimate of drug-likeness (QED) is 0.899. The van der Waals surface area contributed by atoms with Crippen molar-refractivity contribution in [2.24, 2.45) is 0 Å². The molecule has 2 rings (SSSR count). The molecule has 0 saturated carbocycles. The molecule has 1 heterocycles. The van der Waals surface area contributed by atoms with Gasteiger partial charge in [0.25, 0.3) is 10.0 Å². The van der Waals surface area contributed by atoms with Crippen LogP contribution in [0.15, 0.2) is 41.6 Å². The summed E-state index contributed by atoms with van der Waals surface area (Å²) in [5.74, 6) is 0. The molecule has 3 N–H and O–H groups in total. The van der Waals surface area contributed by atoms with E-state index in [1.54, 1.807) is 6.07 Å². The molecule has 0 aliphatic carbocycles. The van der Waals surface area contributed by atoms with Gasteiger partial charge in [0.05, 0.1) is 11.4 Å². The van der Waals surface area contributed by atoms with Crippen LogP contribution in [0.1, 0.15) is 11.1 Å². The first-order valence-corrected chi connectivity index (χ1v) is 7.18. The number of nitrogens with one attached hydrogen (secondary N) is 1. The van der Waals surface area contributed by atoms with Gasteiger partial charge in [-0.3, -0.25) is 9.71 Å². The molecule has 0 fully saturated rings. The molecule has 6 heteroatoms. The van der Waals surface area contributed by atoms with Crippen LogP contribution in [0.5, 0.6) is 0 Å². The minimum atomic E-state index is -3.72. The second kappa shape index (κ2) is 4.89. The molecule has 1 aromatic heterocycles. The van der Waals surface area contributed by atoms with Crippen LogP contribution < -0.4 is 10.5 Å². The fourth-order valence-electron chi connectivity index (χ4n) is 1.66. The highest BCUT2D eigenvalue weighted by Gasteiger charge is 2.18. The number of hydrogen-bond donors (Lipinski definition) is 2. The standard InChI is InChI=1S/C13H15N3O2S/c1-9-3-4-10(2)12(7-9)16-19(17,18)13-8-15-6-5-11(13)14/h3-8,16H,1-2H3,(H2,14,15). The van der Waals surface area contributed by atoms with Gasteiger partial charge in [-0.15, -0.1) is 0 Å². The SMILES string of the molecule is Cc1ccc(C)c(NS(=O)(=O)c2cnccc2N)c1. The first-order chi connectivity index (χ1) is 8.90. The highest BCUT2D eigenvalue weighted by molar-refractivity contribution is 7.92. The topological polar surface area (TPSA) is 85.1 Å². The normalized spacial score (nSPS) is 11.3. The van der Waals surface area contributed by atoms with Crippen LogP contribution in [0.2, 0.25) is 0 Å². The first-order valence-electron chi connectivity index (χ1n) is 5.70. The van der Waals surface area contributed by atoms with Crippen molar-refractivity contribution in [2.75, 3.05) is 10.5 Å². The van der Waals surface area contributed by atoms with Gasteiger partial charge >= 0.3 is 0 Å². The molecule has 100 valence electrons. The summed E-state index contributed by atoms with van der Waals surface area (Å²) in [6, 6.07) is 7.02. The van der Waals surface area contributed by atoms with E-state index in [0.29, 0.717) is 5.69 Å². The Morgan fingerprint density at radius 2 is 1.95 bits per heavy atom. The van der Waals surface area contributed by atoms with Gasteiger partial charge in [0.15, 0.2) is 0 Å². The van der Waals surface area contributed by atoms with Gasteiger partial charge in [-0.1, -0.05) is 12.1 Å². The van der Waals surface area contributed by atoms with Gasteiger partial charge < -0.3 is 5.73 Å². The van der Waals surface area contributed by atoms with Crippen molar-refractivity contribution in [3.8, 4) is 0 Å². The zero-order valence-corrected chi connectivity index (χ0v) is 11.5. The lowest BCUT2D eigenvalue weighted by atomic mass is 10.1. The largest absolute Gasteiger partial charge is 0.398 e. The zero-order chi connectivity index (χ0) is 14.0. The minimum absolute atomic E-state index is 0.0177. The molecular weight excluding hydrogens is 262 g/mol. The Kier molecular flexibility index (Phi) is 3.44. The van der Waals surface area contributed by atoms with Crippen LogP contribution in [0.25, 0.3) is 0 Å². The van der Waals surface area contributed by atoms with Gasteiger partial charge in [0.2, 0.25) is 0 Å². The fraction of sp³-hybridized carbons (Fsp3) is 0.154. The van der Waals surface area contributed by atoms with Gasteiger partial charge in [-0.25, -0.2) is 8.42 Å².